The number of cyclic esters (lactones) is 1. The van der Waals surface area contributed by atoms with E-state index >= 15 is 0 Å². The standard InChI is InChI=1S/C32H54O5/c1-22(2)11-8-12-23(3)13-9-16-31-17-10-15-30(6,7)29(31)27(37-25(5)33)19-24(4)32(31,35)18-14-26-20-28(34)36-21-26/h20,22-24,27,29,35H,8-19,21H2,1-7H3. The zero-order valence-electron chi connectivity index (χ0n) is 24.7. The van der Waals surface area contributed by atoms with Crippen molar-refractivity contribution in [3.05, 3.63) is 11.6 Å². The number of fused-ring (bicyclic) bond motifs is 1. The van der Waals surface area contributed by atoms with Gasteiger partial charge in [0.15, 0.2) is 0 Å². The van der Waals surface area contributed by atoms with Crippen LogP contribution in [0.25, 0.3) is 0 Å². The van der Waals surface area contributed by atoms with Crippen LogP contribution in [0.15, 0.2) is 11.6 Å². The Bertz CT molecular complexity index is 829. The smallest absolute Gasteiger partial charge is 0.331 e. The van der Waals surface area contributed by atoms with Gasteiger partial charge in [0.1, 0.15) is 12.7 Å². The van der Waals surface area contributed by atoms with Gasteiger partial charge in [-0.15, -0.1) is 0 Å². The van der Waals surface area contributed by atoms with Crippen LogP contribution in [0.1, 0.15) is 126 Å². The van der Waals surface area contributed by atoms with Crippen LogP contribution < -0.4 is 0 Å². The van der Waals surface area contributed by atoms with Crippen molar-refractivity contribution in [2.75, 3.05) is 6.61 Å². The number of rotatable bonds is 12. The third kappa shape index (κ3) is 6.81. The molecule has 6 atom stereocenters. The molecule has 0 radical (unpaired) electrons. The van der Waals surface area contributed by atoms with Crippen molar-refractivity contribution in [2.24, 2.45) is 34.5 Å². The van der Waals surface area contributed by atoms with Crippen molar-refractivity contribution in [3.8, 4) is 0 Å². The van der Waals surface area contributed by atoms with E-state index in [9.17, 15) is 14.7 Å². The molecule has 1 heterocycles. The van der Waals surface area contributed by atoms with E-state index in [1.165, 1.54) is 32.6 Å². The normalized spacial score (nSPS) is 34.0. The molecule has 0 bridgehead atoms. The van der Waals surface area contributed by atoms with Crippen LogP contribution in [0.3, 0.4) is 0 Å². The van der Waals surface area contributed by atoms with Gasteiger partial charge in [0.25, 0.3) is 0 Å². The molecule has 0 aromatic carbocycles. The highest BCUT2D eigenvalue weighted by molar-refractivity contribution is 5.85. The molecule has 0 aromatic rings. The number of carbonyl (C=O) groups is 2. The predicted octanol–water partition coefficient (Wildman–Crippen LogP) is 7.40. The fraction of sp³-hybridized carbons (Fsp3) is 0.875. The molecule has 0 aromatic heterocycles. The number of hydrogen-bond acceptors (Lipinski definition) is 5. The maximum absolute atomic E-state index is 12.8. The van der Waals surface area contributed by atoms with Crippen LogP contribution in [0, 0.1) is 34.5 Å². The lowest BCUT2D eigenvalue weighted by Gasteiger charge is -2.66. The fourth-order valence-electron chi connectivity index (χ4n) is 8.45. The van der Waals surface area contributed by atoms with Crippen molar-refractivity contribution in [3.63, 3.8) is 0 Å². The summed E-state index contributed by atoms with van der Waals surface area (Å²) in [5.74, 6) is 1.06. The third-order valence-electron chi connectivity index (χ3n) is 10.2. The Morgan fingerprint density at radius 1 is 1.14 bits per heavy atom. The Balaban J connectivity index is 1.89. The highest BCUT2D eigenvalue weighted by atomic mass is 16.5. The summed E-state index contributed by atoms with van der Waals surface area (Å²) in [7, 11) is 0. The summed E-state index contributed by atoms with van der Waals surface area (Å²) in [6.07, 6.45) is 13.6. The van der Waals surface area contributed by atoms with E-state index in [-0.39, 0.29) is 40.7 Å². The molecular formula is C32H54O5. The Morgan fingerprint density at radius 2 is 1.84 bits per heavy atom. The lowest BCUT2D eigenvalue weighted by Crippen LogP contribution is -2.68. The molecule has 1 aliphatic heterocycles. The van der Waals surface area contributed by atoms with Crippen LogP contribution in [0.5, 0.6) is 0 Å². The van der Waals surface area contributed by atoms with E-state index in [1.807, 2.05) is 0 Å². The molecule has 0 amide bonds. The average Bonchev–Trinajstić information content (AvgIpc) is 3.20. The van der Waals surface area contributed by atoms with Gasteiger partial charge in [-0.1, -0.05) is 80.1 Å². The maximum atomic E-state index is 12.8. The zero-order chi connectivity index (χ0) is 27.4. The lowest BCUT2D eigenvalue weighted by molar-refractivity contribution is -0.259. The Hall–Kier alpha value is -1.36. The first-order valence-corrected chi connectivity index (χ1v) is 15.1. The molecular weight excluding hydrogens is 464 g/mol. The Kier molecular flexibility index (Phi) is 9.97. The summed E-state index contributed by atoms with van der Waals surface area (Å²) >= 11 is 0. The number of aliphatic hydroxyl groups is 1. The topological polar surface area (TPSA) is 72.8 Å². The molecule has 2 aliphatic carbocycles. The second-order valence-corrected chi connectivity index (χ2v) is 13.9. The van der Waals surface area contributed by atoms with Crippen LogP contribution >= 0.6 is 0 Å². The molecule has 5 nitrogen and oxygen atoms in total. The van der Waals surface area contributed by atoms with Crippen LogP contribution in [-0.4, -0.2) is 35.4 Å². The number of carbonyl (C=O) groups excluding carboxylic acids is 2. The first-order chi connectivity index (χ1) is 17.3. The van der Waals surface area contributed by atoms with Crippen LogP contribution in [0.4, 0.5) is 0 Å². The first kappa shape index (κ1) is 30.2. The fourth-order valence-corrected chi connectivity index (χ4v) is 8.45. The monoisotopic (exact) mass is 518 g/mol. The summed E-state index contributed by atoms with van der Waals surface area (Å²) < 4.78 is 11.2. The molecule has 1 N–H and O–H groups in total. The summed E-state index contributed by atoms with van der Waals surface area (Å²) in [4.78, 5) is 23.9. The lowest BCUT2D eigenvalue weighted by atomic mass is 9.41. The molecule has 212 valence electrons. The molecule has 5 heteroatoms. The SMILES string of the molecule is CC(=O)OC1CC(C)C(O)(CCC2=CC(=O)OC2)C2(CCCC(C)CCCC(C)C)CCCC(C)(C)C12. The maximum Gasteiger partial charge on any atom is 0.331 e. The Labute approximate surface area is 226 Å². The van der Waals surface area contributed by atoms with E-state index in [0.29, 0.717) is 31.8 Å². The van der Waals surface area contributed by atoms with Crippen molar-refractivity contribution < 1.29 is 24.2 Å². The van der Waals surface area contributed by atoms with Crippen LogP contribution in [0.2, 0.25) is 0 Å². The minimum atomic E-state index is -0.876. The number of ether oxygens (including phenoxy) is 2. The minimum absolute atomic E-state index is 0.00379. The molecule has 37 heavy (non-hydrogen) atoms. The van der Waals surface area contributed by atoms with Gasteiger partial charge in [-0.05, 0) is 67.3 Å². The second-order valence-electron chi connectivity index (χ2n) is 13.9. The van der Waals surface area contributed by atoms with Gasteiger partial charge in [0.2, 0.25) is 0 Å². The second kappa shape index (κ2) is 12.2. The van der Waals surface area contributed by atoms with E-state index in [1.54, 1.807) is 6.08 Å². The van der Waals surface area contributed by atoms with Gasteiger partial charge < -0.3 is 14.6 Å². The van der Waals surface area contributed by atoms with E-state index in [0.717, 1.165) is 43.6 Å². The molecule has 6 unspecified atom stereocenters. The molecule has 2 fully saturated rings. The van der Waals surface area contributed by atoms with E-state index < -0.39 is 5.60 Å². The van der Waals surface area contributed by atoms with Crippen LogP contribution in [-0.2, 0) is 19.1 Å². The number of hydrogen-bond donors (Lipinski definition) is 1. The largest absolute Gasteiger partial charge is 0.462 e. The molecule has 0 saturated heterocycles. The van der Waals surface area contributed by atoms with Gasteiger partial charge in [-0.3, -0.25) is 4.79 Å². The average molecular weight is 519 g/mol. The Morgan fingerprint density at radius 3 is 2.46 bits per heavy atom. The molecule has 0 spiro atoms. The molecule has 2 saturated carbocycles. The van der Waals surface area contributed by atoms with E-state index in [4.69, 9.17) is 9.47 Å². The third-order valence-corrected chi connectivity index (χ3v) is 10.2. The highest BCUT2D eigenvalue weighted by Gasteiger charge is 2.66. The molecule has 3 rings (SSSR count). The van der Waals surface area contributed by atoms with Crippen molar-refractivity contribution >= 4 is 11.9 Å². The highest BCUT2D eigenvalue weighted by Crippen LogP contribution is 2.66. The summed E-state index contributed by atoms with van der Waals surface area (Å²) in [6, 6.07) is 0. The van der Waals surface area contributed by atoms with Crippen molar-refractivity contribution in [1.82, 2.24) is 0 Å². The van der Waals surface area contributed by atoms with Crippen molar-refractivity contribution in [2.45, 2.75) is 137 Å². The van der Waals surface area contributed by atoms with Gasteiger partial charge in [-0.2, -0.15) is 0 Å². The summed E-state index contributed by atoms with van der Waals surface area (Å²) in [6.45, 7) is 15.6. The van der Waals surface area contributed by atoms with E-state index in [2.05, 4.69) is 41.5 Å². The van der Waals surface area contributed by atoms with Gasteiger partial charge in [0.05, 0.1) is 5.60 Å². The van der Waals surface area contributed by atoms with Gasteiger partial charge in [-0.25, -0.2) is 4.79 Å². The molecule has 3 aliphatic rings. The predicted molar refractivity (Wildman–Crippen MR) is 148 cm³/mol. The summed E-state index contributed by atoms with van der Waals surface area (Å²) in [5.41, 5.74) is -0.234. The number of esters is 2. The minimum Gasteiger partial charge on any atom is -0.462 e. The first-order valence-electron chi connectivity index (χ1n) is 15.1. The van der Waals surface area contributed by atoms with Gasteiger partial charge in [0, 0.05) is 24.3 Å². The van der Waals surface area contributed by atoms with Gasteiger partial charge >= 0.3 is 11.9 Å². The quantitative estimate of drug-likeness (QED) is 0.273. The zero-order valence-corrected chi connectivity index (χ0v) is 24.7. The summed E-state index contributed by atoms with van der Waals surface area (Å²) in [5, 5.41) is 12.8. The van der Waals surface area contributed by atoms with Crippen molar-refractivity contribution in [1.29, 1.82) is 0 Å².